The molecule has 0 unspecified atom stereocenters. The highest BCUT2D eigenvalue weighted by Gasteiger charge is 2.22. The first-order chi connectivity index (χ1) is 12.5. The number of hydrogen-bond donors (Lipinski definition) is 3. The molecule has 0 fully saturated rings. The number of fused-ring (bicyclic) bond motifs is 1. The predicted molar refractivity (Wildman–Crippen MR) is 101 cm³/mol. The van der Waals surface area contributed by atoms with Crippen molar-refractivity contribution in [2.75, 3.05) is 0 Å². The number of hydrogen-bond acceptors (Lipinski definition) is 3. The van der Waals surface area contributed by atoms with Crippen molar-refractivity contribution in [3.8, 4) is 0 Å². The molecule has 2 aromatic carbocycles. The molecule has 0 aliphatic carbocycles. The van der Waals surface area contributed by atoms with Gasteiger partial charge in [-0.05, 0) is 23.3 Å². The zero-order valence-electron chi connectivity index (χ0n) is 13.7. The predicted octanol–water partition coefficient (Wildman–Crippen LogP) is 3.85. The minimum absolute atomic E-state index is 0.0835. The van der Waals surface area contributed by atoms with E-state index in [4.69, 9.17) is 4.74 Å². The highest BCUT2D eigenvalue weighted by atomic mass is 79.9. The molecule has 3 N–H and O–H groups in total. The summed E-state index contributed by atoms with van der Waals surface area (Å²) in [6.07, 6.45) is 1.14. The number of rotatable bonds is 6. The van der Waals surface area contributed by atoms with Crippen LogP contribution >= 0.6 is 15.9 Å². The van der Waals surface area contributed by atoms with Crippen LogP contribution in [0.3, 0.4) is 0 Å². The number of carbonyl (C=O) groups is 2. The standard InChI is InChI=1S/C19H17BrN2O4/c20-14-6-7-15-13(10-21-16(15)9-14)8-17(18(23)24)22-19(25)26-11-12-4-2-1-3-5-12/h1-7,9-10,17,21H,8,11H2,(H,22,25)(H,23,24)/t17-/m0/s1. The van der Waals surface area contributed by atoms with Gasteiger partial charge in [-0.1, -0.05) is 52.3 Å². The Balaban J connectivity index is 1.65. The van der Waals surface area contributed by atoms with Crippen LogP contribution in [0.25, 0.3) is 10.9 Å². The van der Waals surface area contributed by atoms with Crippen molar-refractivity contribution < 1.29 is 19.4 Å². The van der Waals surface area contributed by atoms with Crippen LogP contribution in [0.1, 0.15) is 11.1 Å². The van der Waals surface area contributed by atoms with Crippen LogP contribution in [0, 0.1) is 0 Å². The van der Waals surface area contributed by atoms with Gasteiger partial charge in [-0.25, -0.2) is 9.59 Å². The van der Waals surface area contributed by atoms with Gasteiger partial charge in [-0.3, -0.25) is 0 Å². The van der Waals surface area contributed by atoms with E-state index in [1.807, 2.05) is 48.5 Å². The fraction of sp³-hybridized carbons (Fsp3) is 0.158. The highest BCUT2D eigenvalue weighted by molar-refractivity contribution is 9.10. The first-order valence-electron chi connectivity index (χ1n) is 7.98. The van der Waals surface area contributed by atoms with Crippen molar-refractivity contribution in [1.29, 1.82) is 0 Å². The second-order valence-corrected chi connectivity index (χ2v) is 6.72. The average molecular weight is 417 g/mol. The van der Waals surface area contributed by atoms with Gasteiger partial charge in [-0.15, -0.1) is 0 Å². The van der Waals surface area contributed by atoms with Crippen LogP contribution in [0.4, 0.5) is 4.79 Å². The first-order valence-corrected chi connectivity index (χ1v) is 8.78. The van der Waals surface area contributed by atoms with Gasteiger partial charge < -0.3 is 20.1 Å². The number of halogens is 1. The molecule has 0 aliphatic rings. The van der Waals surface area contributed by atoms with Crippen molar-refractivity contribution in [3.05, 3.63) is 70.3 Å². The van der Waals surface area contributed by atoms with Crippen molar-refractivity contribution >= 4 is 38.9 Å². The summed E-state index contributed by atoms with van der Waals surface area (Å²) in [5.41, 5.74) is 2.53. The highest BCUT2D eigenvalue weighted by Crippen LogP contribution is 2.23. The lowest BCUT2D eigenvalue weighted by Gasteiger charge is -2.14. The smallest absolute Gasteiger partial charge is 0.408 e. The first kappa shape index (κ1) is 18.0. The van der Waals surface area contributed by atoms with Crippen molar-refractivity contribution in [3.63, 3.8) is 0 Å². The van der Waals surface area contributed by atoms with E-state index in [2.05, 4.69) is 26.2 Å². The van der Waals surface area contributed by atoms with Gasteiger partial charge in [0.25, 0.3) is 0 Å². The Hall–Kier alpha value is -2.80. The van der Waals surface area contributed by atoms with Crippen molar-refractivity contribution in [2.45, 2.75) is 19.1 Å². The third-order valence-corrected chi connectivity index (χ3v) is 4.45. The Morgan fingerprint density at radius 2 is 1.96 bits per heavy atom. The maximum absolute atomic E-state index is 12.0. The maximum Gasteiger partial charge on any atom is 0.408 e. The van der Waals surface area contributed by atoms with E-state index in [0.29, 0.717) is 0 Å². The summed E-state index contributed by atoms with van der Waals surface area (Å²) in [6.45, 7) is 0.0835. The Kier molecular flexibility index (Phi) is 5.58. The van der Waals surface area contributed by atoms with Gasteiger partial charge in [0, 0.05) is 28.0 Å². The zero-order valence-corrected chi connectivity index (χ0v) is 15.3. The molecule has 134 valence electrons. The Morgan fingerprint density at radius 3 is 2.69 bits per heavy atom. The lowest BCUT2D eigenvalue weighted by atomic mass is 10.1. The molecule has 0 spiro atoms. The number of aromatic amines is 1. The van der Waals surface area contributed by atoms with Gasteiger partial charge in [0.1, 0.15) is 12.6 Å². The number of carboxylic acid groups (broad SMARTS) is 1. The number of aliphatic carboxylic acids is 1. The molecule has 1 amide bonds. The SMILES string of the molecule is O=C(N[C@@H](Cc1c[nH]c2cc(Br)ccc12)C(=O)O)OCc1ccccc1. The fourth-order valence-corrected chi connectivity index (χ4v) is 3.02. The molecule has 0 saturated heterocycles. The van der Waals surface area contributed by atoms with Gasteiger partial charge in [0.15, 0.2) is 0 Å². The Bertz CT molecular complexity index is 924. The number of ether oxygens (including phenoxy) is 1. The number of H-pyrrole nitrogens is 1. The minimum Gasteiger partial charge on any atom is -0.480 e. The molecular weight excluding hydrogens is 400 g/mol. The molecule has 0 bridgehead atoms. The molecule has 0 aliphatic heterocycles. The summed E-state index contributed by atoms with van der Waals surface area (Å²) < 4.78 is 6.03. The lowest BCUT2D eigenvalue weighted by molar-refractivity contribution is -0.139. The van der Waals surface area contributed by atoms with Gasteiger partial charge >= 0.3 is 12.1 Å². The number of nitrogens with one attached hydrogen (secondary N) is 2. The van der Waals surface area contributed by atoms with Gasteiger partial charge in [-0.2, -0.15) is 0 Å². The second kappa shape index (κ2) is 8.05. The van der Waals surface area contributed by atoms with E-state index in [1.165, 1.54) is 0 Å². The Labute approximate surface area is 158 Å². The van der Waals surface area contributed by atoms with Crippen LogP contribution in [0.15, 0.2) is 59.2 Å². The third-order valence-electron chi connectivity index (χ3n) is 3.96. The second-order valence-electron chi connectivity index (χ2n) is 5.80. The van der Waals surface area contributed by atoms with E-state index in [-0.39, 0.29) is 13.0 Å². The summed E-state index contributed by atoms with van der Waals surface area (Å²) >= 11 is 3.40. The van der Waals surface area contributed by atoms with E-state index in [0.717, 1.165) is 26.5 Å². The fourth-order valence-electron chi connectivity index (χ4n) is 2.65. The number of alkyl carbamates (subject to hydrolysis) is 1. The van der Waals surface area contributed by atoms with Crippen LogP contribution < -0.4 is 5.32 Å². The van der Waals surface area contributed by atoms with Crippen LogP contribution in [-0.4, -0.2) is 28.2 Å². The molecular formula is C19H17BrN2O4. The van der Waals surface area contributed by atoms with Crippen LogP contribution in [0.5, 0.6) is 0 Å². The molecule has 1 aromatic heterocycles. The number of benzene rings is 2. The maximum atomic E-state index is 12.0. The molecule has 3 rings (SSSR count). The van der Waals surface area contributed by atoms with E-state index < -0.39 is 18.1 Å². The van der Waals surface area contributed by atoms with Crippen LogP contribution in [0.2, 0.25) is 0 Å². The van der Waals surface area contributed by atoms with E-state index >= 15 is 0 Å². The van der Waals surface area contributed by atoms with E-state index in [1.54, 1.807) is 6.20 Å². The normalized spacial score (nSPS) is 11.9. The topological polar surface area (TPSA) is 91.4 Å². The summed E-state index contributed by atoms with van der Waals surface area (Å²) in [4.78, 5) is 26.6. The van der Waals surface area contributed by atoms with E-state index in [9.17, 15) is 14.7 Å². The molecule has 0 radical (unpaired) electrons. The van der Waals surface area contributed by atoms with Gasteiger partial charge in [0.05, 0.1) is 0 Å². The monoisotopic (exact) mass is 416 g/mol. The summed E-state index contributed by atoms with van der Waals surface area (Å²) in [5, 5.41) is 12.8. The van der Waals surface area contributed by atoms with Gasteiger partial charge in [0.2, 0.25) is 0 Å². The number of aromatic nitrogens is 1. The minimum atomic E-state index is -1.12. The van der Waals surface area contributed by atoms with Crippen molar-refractivity contribution in [2.24, 2.45) is 0 Å². The third kappa shape index (κ3) is 4.43. The molecule has 7 heteroatoms. The number of amides is 1. The number of carbonyl (C=O) groups excluding carboxylic acids is 1. The molecule has 3 aromatic rings. The lowest BCUT2D eigenvalue weighted by Crippen LogP contribution is -2.42. The van der Waals surface area contributed by atoms with Crippen LogP contribution in [-0.2, 0) is 22.6 Å². The molecule has 6 nitrogen and oxygen atoms in total. The van der Waals surface area contributed by atoms with Crippen molar-refractivity contribution in [1.82, 2.24) is 10.3 Å². The Morgan fingerprint density at radius 1 is 1.19 bits per heavy atom. The summed E-state index contributed by atoms with van der Waals surface area (Å²) in [6, 6.07) is 13.8. The molecule has 26 heavy (non-hydrogen) atoms. The average Bonchev–Trinajstić information content (AvgIpc) is 3.02. The number of carboxylic acids is 1. The summed E-state index contributed by atoms with van der Waals surface area (Å²) in [7, 11) is 0. The molecule has 1 atom stereocenters. The quantitative estimate of drug-likeness (QED) is 0.568. The largest absolute Gasteiger partial charge is 0.480 e. The zero-order chi connectivity index (χ0) is 18.5. The molecule has 0 saturated carbocycles. The summed E-state index contributed by atoms with van der Waals surface area (Å²) in [5.74, 6) is -1.12. The molecule has 1 heterocycles.